The van der Waals surface area contributed by atoms with Gasteiger partial charge in [-0.2, -0.15) is 0 Å². The minimum atomic E-state index is -0.520. The molecule has 1 atom stereocenters. The van der Waals surface area contributed by atoms with Crippen molar-refractivity contribution in [3.05, 3.63) is 0 Å². The van der Waals surface area contributed by atoms with Crippen LogP contribution in [0.3, 0.4) is 0 Å². The first-order chi connectivity index (χ1) is 8.60. The first-order valence-electron chi connectivity index (χ1n) is 7.21. The van der Waals surface area contributed by atoms with Gasteiger partial charge in [-0.05, 0) is 25.2 Å². The quantitative estimate of drug-likeness (QED) is 0.539. The van der Waals surface area contributed by atoms with E-state index >= 15 is 0 Å². The van der Waals surface area contributed by atoms with Crippen LogP contribution in [0.1, 0.15) is 58.8 Å². The summed E-state index contributed by atoms with van der Waals surface area (Å²) in [5, 5.41) is 0. The molecule has 0 heterocycles. The van der Waals surface area contributed by atoms with Gasteiger partial charge in [-0.25, -0.2) is 0 Å². The molecule has 104 valence electrons. The molecule has 0 aliphatic heterocycles. The Balaban J connectivity index is 2.60. The van der Waals surface area contributed by atoms with Crippen molar-refractivity contribution in [3.63, 3.8) is 0 Å². The number of ketones is 1. The van der Waals surface area contributed by atoms with E-state index in [0.29, 0.717) is 6.42 Å². The van der Waals surface area contributed by atoms with Gasteiger partial charge in [0.05, 0.1) is 7.11 Å². The first kappa shape index (κ1) is 15.2. The minimum Gasteiger partial charge on any atom is -0.468 e. The molecule has 0 aromatic carbocycles. The summed E-state index contributed by atoms with van der Waals surface area (Å²) in [6.45, 7) is 4.30. The molecule has 1 unspecified atom stereocenters. The van der Waals surface area contributed by atoms with Crippen LogP contribution in [-0.4, -0.2) is 18.9 Å². The van der Waals surface area contributed by atoms with Crippen molar-refractivity contribution >= 4 is 11.8 Å². The summed E-state index contributed by atoms with van der Waals surface area (Å²) in [6, 6.07) is 0. The van der Waals surface area contributed by atoms with E-state index in [9.17, 15) is 9.59 Å². The molecule has 3 nitrogen and oxygen atoms in total. The van der Waals surface area contributed by atoms with Crippen LogP contribution in [0.25, 0.3) is 0 Å². The molecular weight excluding hydrogens is 228 g/mol. The largest absolute Gasteiger partial charge is 0.468 e. The highest BCUT2D eigenvalue weighted by molar-refractivity contribution is 6.00. The van der Waals surface area contributed by atoms with Gasteiger partial charge in [0.15, 0.2) is 0 Å². The van der Waals surface area contributed by atoms with Gasteiger partial charge in [-0.15, -0.1) is 0 Å². The van der Waals surface area contributed by atoms with Gasteiger partial charge >= 0.3 is 5.97 Å². The molecule has 0 radical (unpaired) electrons. The number of carbonyl (C=O) groups excluding carboxylic acids is 2. The van der Waals surface area contributed by atoms with E-state index in [4.69, 9.17) is 4.74 Å². The summed E-state index contributed by atoms with van der Waals surface area (Å²) in [5.41, 5.74) is 0. The van der Waals surface area contributed by atoms with Gasteiger partial charge in [0, 0.05) is 5.92 Å². The normalized spacial score (nSPS) is 25.5. The average Bonchev–Trinajstić information content (AvgIpc) is 2.39. The van der Waals surface area contributed by atoms with Crippen LogP contribution in [0.4, 0.5) is 0 Å². The second-order valence-corrected chi connectivity index (χ2v) is 5.58. The average molecular weight is 254 g/mol. The van der Waals surface area contributed by atoms with Crippen molar-refractivity contribution in [2.75, 3.05) is 7.11 Å². The number of esters is 1. The number of methoxy groups -OCH3 is 1. The zero-order chi connectivity index (χ0) is 13.5. The Morgan fingerprint density at radius 1 is 1.22 bits per heavy atom. The minimum absolute atomic E-state index is 0.0853. The highest BCUT2D eigenvalue weighted by Gasteiger charge is 2.34. The smallest absolute Gasteiger partial charge is 0.316 e. The van der Waals surface area contributed by atoms with Crippen molar-refractivity contribution < 1.29 is 14.3 Å². The van der Waals surface area contributed by atoms with Crippen molar-refractivity contribution in [2.24, 2.45) is 17.8 Å². The second-order valence-electron chi connectivity index (χ2n) is 5.58. The van der Waals surface area contributed by atoms with E-state index in [-0.39, 0.29) is 17.7 Å². The lowest BCUT2D eigenvalue weighted by Gasteiger charge is -2.27. The maximum absolute atomic E-state index is 12.4. The van der Waals surface area contributed by atoms with Crippen LogP contribution in [0, 0.1) is 17.8 Å². The molecule has 1 fully saturated rings. The summed E-state index contributed by atoms with van der Waals surface area (Å²) in [4.78, 5) is 24.1. The lowest BCUT2D eigenvalue weighted by molar-refractivity contribution is -0.151. The van der Waals surface area contributed by atoms with E-state index in [1.165, 1.54) is 7.11 Å². The van der Waals surface area contributed by atoms with Crippen LogP contribution in [0.2, 0.25) is 0 Å². The van der Waals surface area contributed by atoms with Gasteiger partial charge in [0.25, 0.3) is 0 Å². The fourth-order valence-electron chi connectivity index (χ4n) is 2.76. The molecule has 0 spiro atoms. The van der Waals surface area contributed by atoms with Crippen LogP contribution in [0.15, 0.2) is 0 Å². The van der Waals surface area contributed by atoms with Gasteiger partial charge in [0.2, 0.25) is 0 Å². The van der Waals surface area contributed by atoms with E-state index < -0.39 is 5.92 Å². The highest BCUT2D eigenvalue weighted by Crippen LogP contribution is 2.31. The molecule has 0 aromatic heterocycles. The van der Waals surface area contributed by atoms with Gasteiger partial charge < -0.3 is 4.74 Å². The van der Waals surface area contributed by atoms with E-state index in [2.05, 4.69) is 13.8 Å². The second kappa shape index (κ2) is 7.55. The number of hydrogen-bond acceptors (Lipinski definition) is 3. The monoisotopic (exact) mass is 254 g/mol. The van der Waals surface area contributed by atoms with Crippen LogP contribution in [-0.2, 0) is 14.3 Å². The van der Waals surface area contributed by atoms with Crippen LogP contribution < -0.4 is 0 Å². The molecule has 0 aromatic rings. The highest BCUT2D eigenvalue weighted by atomic mass is 16.5. The molecule has 1 rings (SSSR count). The first-order valence-corrected chi connectivity index (χ1v) is 7.21. The van der Waals surface area contributed by atoms with Crippen molar-refractivity contribution in [2.45, 2.75) is 58.8 Å². The number of ether oxygens (including phenoxy) is 1. The Morgan fingerprint density at radius 2 is 1.83 bits per heavy atom. The standard InChI is InChI=1S/C15H26O3/c1-4-5-6-13(15(17)18-3)14(16)12-9-7-11(2)8-10-12/h11-13H,4-10H2,1-3H3. The van der Waals surface area contributed by atoms with Crippen molar-refractivity contribution in [1.29, 1.82) is 0 Å². The fraction of sp³-hybridized carbons (Fsp3) is 0.867. The predicted molar refractivity (Wildman–Crippen MR) is 71.2 cm³/mol. The van der Waals surface area contributed by atoms with Crippen molar-refractivity contribution in [1.82, 2.24) is 0 Å². The molecule has 1 saturated carbocycles. The maximum Gasteiger partial charge on any atom is 0.316 e. The van der Waals surface area contributed by atoms with E-state index in [0.717, 1.165) is 44.4 Å². The lowest BCUT2D eigenvalue weighted by atomic mass is 9.77. The lowest BCUT2D eigenvalue weighted by Crippen LogP contribution is -2.32. The van der Waals surface area contributed by atoms with Gasteiger partial charge in [-0.1, -0.05) is 39.5 Å². The Labute approximate surface area is 110 Å². The number of Topliss-reactive ketones (excluding diaryl/α,β-unsaturated/α-hetero) is 1. The fourth-order valence-corrected chi connectivity index (χ4v) is 2.76. The number of rotatable bonds is 6. The third-order valence-electron chi connectivity index (χ3n) is 4.09. The Hall–Kier alpha value is -0.860. The topological polar surface area (TPSA) is 43.4 Å². The SMILES string of the molecule is CCCCC(C(=O)OC)C(=O)C1CCC(C)CC1. The zero-order valence-electron chi connectivity index (χ0n) is 11.9. The van der Waals surface area contributed by atoms with Crippen LogP contribution >= 0.6 is 0 Å². The molecule has 1 aliphatic rings. The Bertz CT molecular complexity index is 277. The molecule has 0 N–H and O–H groups in total. The summed E-state index contributed by atoms with van der Waals surface area (Å²) in [5.74, 6) is 0.0750. The maximum atomic E-state index is 12.4. The van der Waals surface area contributed by atoms with Gasteiger partial charge in [0.1, 0.15) is 11.7 Å². The molecule has 18 heavy (non-hydrogen) atoms. The third kappa shape index (κ3) is 4.11. The molecule has 0 amide bonds. The summed E-state index contributed by atoms with van der Waals surface area (Å²) in [6.07, 6.45) is 6.67. The summed E-state index contributed by atoms with van der Waals surface area (Å²) >= 11 is 0. The predicted octanol–water partition coefficient (Wildman–Crippen LogP) is 3.36. The van der Waals surface area contributed by atoms with Crippen LogP contribution in [0.5, 0.6) is 0 Å². The summed E-state index contributed by atoms with van der Waals surface area (Å²) in [7, 11) is 1.37. The molecule has 0 saturated heterocycles. The number of hydrogen-bond donors (Lipinski definition) is 0. The van der Waals surface area contributed by atoms with E-state index in [1.54, 1.807) is 0 Å². The number of unbranched alkanes of at least 4 members (excludes halogenated alkanes) is 1. The zero-order valence-corrected chi connectivity index (χ0v) is 11.9. The molecule has 1 aliphatic carbocycles. The Kier molecular flexibility index (Phi) is 6.37. The molecule has 0 bridgehead atoms. The number of carbonyl (C=O) groups is 2. The van der Waals surface area contributed by atoms with Crippen molar-refractivity contribution in [3.8, 4) is 0 Å². The van der Waals surface area contributed by atoms with Gasteiger partial charge in [-0.3, -0.25) is 9.59 Å². The van der Waals surface area contributed by atoms with E-state index in [1.807, 2.05) is 0 Å². The third-order valence-corrected chi connectivity index (χ3v) is 4.09. The molecular formula is C15H26O3. The Morgan fingerprint density at radius 3 is 2.33 bits per heavy atom. The summed E-state index contributed by atoms with van der Waals surface area (Å²) < 4.78 is 4.78. The molecule has 3 heteroatoms.